The third-order valence-corrected chi connectivity index (χ3v) is 5.01. The second-order valence-electron chi connectivity index (χ2n) is 5.35. The van der Waals surface area contributed by atoms with Crippen molar-refractivity contribution >= 4 is 48.3 Å². The molecule has 0 saturated carbocycles. The molecule has 0 unspecified atom stereocenters. The maximum absolute atomic E-state index is 12.8. The Balaban J connectivity index is 0.00000131. The minimum atomic E-state index is -5.30. The Labute approximate surface area is 198 Å². The van der Waals surface area contributed by atoms with Crippen molar-refractivity contribution < 1.29 is 87.8 Å². The Morgan fingerprint density at radius 1 is 1.00 bits per heavy atom. The van der Waals surface area contributed by atoms with Crippen molar-refractivity contribution in [2.75, 3.05) is 0 Å². The normalized spacial score (nSPS) is 11.0. The van der Waals surface area contributed by atoms with Crippen molar-refractivity contribution in [2.24, 2.45) is 0 Å². The third-order valence-electron chi connectivity index (χ3n) is 3.87. The monoisotopic (exact) mass is 553 g/mol. The van der Waals surface area contributed by atoms with E-state index in [9.17, 15) is 27.9 Å². The van der Waals surface area contributed by atoms with E-state index in [1.54, 1.807) is 24.3 Å². The molecule has 0 saturated heterocycles. The predicted octanol–water partition coefficient (Wildman–Crippen LogP) is 2.96. The Morgan fingerprint density at radius 2 is 1.64 bits per heavy atom. The first-order chi connectivity index (χ1) is 11.8. The summed E-state index contributed by atoms with van der Waals surface area (Å²) in [6, 6.07) is 10.1. The summed E-state index contributed by atoms with van der Waals surface area (Å²) in [6.45, 7) is 0. The van der Waals surface area contributed by atoms with E-state index < -0.39 is 28.9 Å². The van der Waals surface area contributed by atoms with Gasteiger partial charge in [-0.3, -0.25) is 4.79 Å². The first-order valence-corrected chi connectivity index (χ1v) is 7.82. The summed E-state index contributed by atoms with van der Waals surface area (Å²) in [7, 11) is 0. The van der Waals surface area contributed by atoms with Crippen LogP contribution in [0.15, 0.2) is 45.6 Å². The van der Waals surface area contributed by atoms with Gasteiger partial charge in [0.1, 0.15) is 11.3 Å². The number of Topliss-reactive ketones (excluding diaryl/α,β-unsaturated/α-hetero) is 1. The zero-order valence-electron chi connectivity index (χ0n) is 13.6. The van der Waals surface area contributed by atoms with Gasteiger partial charge < -0.3 is 20.5 Å². The Bertz CT molecular complexity index is 1250. The number of ketones is 1. The molecule has 1 radical (unpaired) electrons. The topological polar surface area (TPSA) is 131 Å². The van der Waals surface area contributed by atoms with Crippen molar-refractivity contribution in [2.45, 2.75) is 6.18 Å². The van der Waals surface area contributed by atoms with Crippen LogP contribution in [0.4, 0.5) is 13.2 Å². The predicted molar refractivity (Wildman–Crippen MR) is 94.7 cm³/mol. The SMILES string of the molecule is O.O.O=C(c1c(O)c2c(ccc3sc4ccccc4c32)oc1=O)C(F)(F)F.[Eu]. The summed E-state index contributed by atoms with van der Waals surface area (Å²) in [5.74, 6) is -3.44. The molecule has 28 heavy (non-hydrogen) atoms. The zero-order valence-corrected chi connectivity index (χ0v) is 16.8. The van der Waals surface area contributed by atoms with Gasteiger partial charge in [-0.25, -0.2) is 4.79 Å². The molecule has 11 heteroatoms. The molecule has 0 aliphatic rings. The quantitative estimate of drug-likeness (QED) is 0.288. The summed E-state index contributed by atoms with van der Waals surface area (Å²) in [5, 5.41) is 11.4. The van der Waals surface area contributed by atoms with E-state index >= 15 is 0 Å². The summed E-state index contributed by atoms with van der Waals surface area (Å²) < 4.78 is 44.7. The van der Waals surface area contributed by atoms with Gasteiger partial charge in [0.15, 0.2) is 5.56 Å². The van der Waals surface area contributed by atoms with Crippen molar-refractivity contribution in [3.8, 4) is 5.75 Å². The molecule has 0 bridgehead atoms. The number of rotatable bonds is 1. The minimum absolute atomic E-state index is 0. The fraction of sp³-hybridized carbons (Fsp3) is 0.0588. The third kappa shape index (κ3) is 3.74. The van der Waals surface area contributed by atoms with Crippen molar-refractivity contribution in [3.05, 3.63) is 52.4 Å². The second kappa shape index (κ2) is 8.56. The van der Waals surface area contributed by atoms with Crippen LogP contribution in [-0.2, 0) is 0 Å². The maximum atomic E-state index is 12.8. The van der Waals surface area contributed by atoms with E-state index in [2.05, 4.69) is 0 Å². The van der Waals surface area contributed by atoms with E-state index in [0.29, 0.717) is 15.5 Å². The molecular weight excluding hydrogens is 541 g/mol. The molecule has 5 N–H and O–H groups in total. The number of hydrogen-bond donors (Lipinski definition) is 1. The number of alkyl halides is 3. The van der Waals surface area contributed by atoms with Gasteiger partial charge >= 0.3 is 11.8 Å². The molecule has 149 valence electrons. The van der Waals surface area contributed by atoms with Gasteiger partial charge in [-0.2, -0.15) is 13.2 Å². The van der Waals surface area contributed by atoms with Crippen LogP contribution in [0.25, 0.3) is 31.1 Å². The number of benzene rings is 2. The number of halogens is 3. The molecule has 2 aromatic carbocycles. The van der Waals surface area contributed by atoms with E-state index in [1.165, 1.54) is 17.4 Å². The molecule has 2 heterocycles. The van der Waals surface area contributed by atoms with Gasteiger partial charge in [0.05, 0.1) is 5.39 Å². The van der Waals surface area contributed by atoms with Crippen LogP contribution >= 0.6 is 11.3 Å². The molecular formula is C17H11EuF3O6S. The van der Waals surface area contributed by atoms with Crippen LogP contribution in [0.1, 0.15) is 10.4 Å². The molecule has 6 nitrogen and oxygen atoms in total. The maximum Gasteiger partial charge on any atom is 0.455 e. The van der Waals surface area contributed by atoms with Gasteiger partial charge in [0, 0.05) is 69.5 Å². The molecule has 2 aromatic heterocycles. The number of aromatic hydroxyl groups is 1. The molecule has 4 aromatic rings. The average molecular weight is 552 g/mol. The molecule has 0 spiro atoms. The van der Waals surface area contributed by atoms with Crippen molar-refractivity contribution in [3.63, 3.8) is 0 Å². The van der Waals surface area contributed by atoms with Crippen LogP contribution in [-0.4, -0.2) is 28.0 Å². The van der Waals surface area contributed by atoms with Crippen LogP contribution in [0.3, 0.4) is 0 Å². The minimum Gasteiger partial charge on any atom is -0.506 e. The van der Waals surface area contributed by atoms with Crippen molar-refractivity contribution in [1.29, 1.82) is 0 Å². The van der Waals surface area contributed by atoms with Crippen LogP contribution < -0.4 is 5.63 Å². The van der Waals surface area contributed by atoms with Gasteiger partial charge in [-0.05, 0) is 18.2 Å². The molecule has 0 fully saturated rings. The summed E-state index contributed by atoms with van der Waals surface area (Å²) in [4.78, 5) is 23.4. The number of thiophene rings is 1. The van der Waals surface area contributed by atoms with Gasteiger partial charge in [0.2, 0.25) is 0 Å². The fourth-order valence-electron chi connectivity index (χ4n) is 2.83. The van der Waals surface area contributed by atoms with E-state index in [1.807, 2.05) is 6.07 Å². The number of hydrogen-bond acceptors (Lipinski definition) is 5. The van der Waals surface area contributed by atoms with E-state index in [0.717, 1.165) is 4.70 Å². The average Bonchev–Trinajstić information content (AvgIpc) is 2.92. The molecule has 0 aliphatic heterocycles. The largest absolute Gasteiger partial charge is 0.506 e. The number of fused-ring (bicyclic) bond motifs is 5. The smallest absolute Gasteiger partial charge is 0.455 e. The van der Waals surface area contributed by atoms with Crippen LogP contribution in [0.5, 0.6) is 5.75 Å². The Kier molecular flexibility index (Phi) is 7.54. The molecule has 0 amide bonds. The number of carbonyl (C=O) groups excluding carboxylic acids is 1. The molecule has 4 rings (SSSR count). The first-order valence-electron chi connectivity index (χ1n) is 7.00. The first kappa shape index (κ1) is 24.7. The second-order valence-corrected chi connectivity index (χ2v) is 6.43. The standard InChI is InChI=1S/C17H7F3O4S.Eu.2H2O/c18-17(19,20)15(22)13-14(21)12-8(24-16(13)23)5-6-10-11(12)7-3-1-2-4-9(7)25-10;;;/h1-6,21H;;2*1H2. The number of carbonyl (C=O) groups is 1. The van der Waals surface area contributed by atoms with E-state index in [4.69, 9.17) is 4.42 Å². The Hall–Kier alpha value is -1.37. The Morgan fingerprint density at radius 3 is 2.29 bits per heavy atom. The summed E-state index contributed by atoms with van der Waals surface area (Å²) in [5.41, 5.74) is -3.01. The molecule has 0 aliphatic carbocycles. The molecule has 0 atom stereocenters. The summed E-state index contributed by atoms with van der Waals surface area (Å²) in [6.07, 6.45) is -5.30. The van der Waals surface area contributed by atoms with Gasteiger partial charge in [-0.15, -0.1) is 11.3 Å². The fourth-order valence-corrected chi connectivity index (χ4v) is 3.95. The summed E-state index contributed by atoms with van der Waals surface area (Å²) >= 11 is 1.37. The van der Waals surface area contributed by atoms with Crippen LogP contribution in [0, 0.1) is 49.4 Å². The van der Waals surface area contributed by atoms with Gasteiger partial charge in [0.25, 0.3) is 5.78 Å². The van der Waals surface area contributed by atoms with Crippen molar-refractivity contribution in [1.82, 2.24) is 0 Å². The zero-order chi connectivity index (χ0) is 17.9. The van der Waals surface area contributed by atoms with Crippen LogP contribution in [0.2, 0.25) is 0 Å². The van der Waals surface area contributed by atoms with E-state index in [-0.39, 0.29) is 71.3 Å². The van der Waals surface area contributed by atoms with Gasteiger partial charge in [-0.1, -0.05) is 18.2 Å².